The second kappa shape index (κ2) is 7.80. The van der Waals surface area contributed by atoms with Crippen LogP contribution < -0.4 is 4.90 Å². The van der Waals surface area contributed by atoms with Crippen LogP contribution in [0.25, 0.3) is 11.1 Å². The number of carboxylic acids is 1. The number of hydrogen-bond donors (Lipinski definition) is 1. The van der Waals surface area contributed by atoms with Gasteiger partial charge in [-0.3, -0.25) is 9.69 Å². The Balaban J connectivity index is 1.55. The highest BCUT2D eigenvalue weighted by molar-refractivity contribution is 6.33. The van der Waals surface area contributed by atoms with Gasteiger partial charge in [0.1, 0.15) is 5.76 Å². The Kier molecular flexibility index (Phi) is 5.51. The van der Waals surface area contributed by atoms with Crippen molar-refractivity contribution < 1.29 is 14.3 Å². The van der Waals surface area contributed by atoms with Gasteiger partial charge in [-0.15, -0.1) is 0 Å². The fourth-order valence-electron chi connectivity index (χ4n) is 4.56. The molecule has 4 rings (SSSR count). The number of aromatic nitrogens is 1. The van der Waals surface area contributed by atoms with Crippen LogP contribution in [0.1, 0.15) is 45.8 Å². The van der Waals surface area contributed by atoms with Crippen LogP contribution in [0.3, 0.4) is 0 Å². The molecule has 158 valence electrons. The van der Waals surface area contributed by atoms with Crippen molar-refractivity contribution in [2.24, 2.45) is 17.3 Å². The molecule has 2 aromatic rings. The molecule has 0 bridgehead atoms. The molecule has 29 heavy (non-hydrogen) atoms. The molecule has 0 saturated carbocycles. The van der Waals surface area contributed by atoms with Crippen molar-refractivity contribution in [3.8, 4) is 0 Å². The normalized spacial score (nSPS) is 23.8. The maximum absolute atomic E-state index is 11.7. The van der Waals surface area contributed by atoms with Gasteiger partial charge >= 0.3 is 5.97 Å². The van der Waals surface area contributed by atoms with Crippen molar-refractivity contribution in [2.75, 3.05) is 31.1 Å². The summed E-state index contributed by atoms with van der Waals surface area (Å²) in [5, 5.41) is 11.2. The molecule has 2 saturated heterocycles. The summed E-state index contributed by atoms with van der Waals surface area (Å²) < 4.78 is 6.06. The number of furan rings is 1. The van der Waals surface area contributed by atoms with Gasteiger partial charge in [0.05, 0.1) is 17.5 Å². The van der Waals surface area contributed by atoms with Gasteiger partial charge in [-0.05, 0) is 42.7 Å². The minimum atomic E-state index is -0.711. The first-order valence-electron chi connectivity index (χ1n) is 10.5. The highest BCUT2D eigenvalue weighted by Crippen LogP contribution is 2.37. The van der Waals surface area contributed by atoms with Gasteiger partial charge in [0.2, 0.25) is 5.71 Å². The predicted octanol–water partition coefficient (Wildman–Crippen LogP) is 4.65. The van der Waals surface area contributed by atoms with E-state index >= 15 is 0 Å². The summed E-state index contributed by atoms with van der Waals surface area (Å²) in [6, 6.07) is 3.91. The SMILES string of the molecule is CC(C)(C)[C@@H]1C[C@@H](C(=O)O)CN(Cc2cc3cc(Cl)c(N4CCCC4)nc3o2)C1. The molecule has 7 heteroatoms. The first kappa shape index (κ1) is 20.5. The van der Waals surface area contributed by atoms with Gasteiger partial charge in [-0.1, -0.05) is 32.4 Å². The van der Waals surface area contributed by atoms with Gasteiger partial charge in [-0.2, -0.15) is 4.98 Å². The predicted molar refractivity (Wildman–Crippen MR) is 114 cm³/mol. The fraction of sp³-hybridized carbons (Fsp3) is 0.636. The number of carboxylic acid groups (broad SMARTS) is 1. The van der Waals surface area contributed by atoms with Gasteiger partial charge in [-0.25, -0.2) is 0 Å². The Bertz CT molecular complexity index is 899. The summed E-state index contributed by atoms with van der Waals surface area (Å²) in [5.41, 5.74) is 0.672. The largest absolute Gasteiger partial charge is 0.481 e. The maximum atomic E-state index is 11.7. The molecular weight excluding hydrogens is 390 g/mol. The van der Waals surface area contributed by atoms with Gasteiger partial charge in [0.15, 0.2) is 5.82 Å². The summed E-state index contributed by atoms with van der Waals surface area (Å²) in [6.45, 7) is 10.5. The number of anilines is 1. The van der Waals surface area contributed by atoms with E-state index in [1.807, 2.05) is 12.1 Å². The van der Waals surface area contributed by atoms with Crippen LogP contribution in [0.15, 0.2) is 16.5 Å². The Morgan fingerprint density at radius 1 is 1.28 bits per heavy atom. The Hall–Kier alpha value is -1.79. The third kappa shape index (κ3) is 4.38. The van der Waals surface area contributed by atoms with Crippen LogP contribution in [-0.2, 0) is 11.3 Å². The minimum Gasteiger partial charge on any atom is -0.481 e. The standard InChI is InChI=1S/C22H30ClN3O3/c1-22(2,3)16-8-15(21(27)28)11-25(12-16)13-17-9-14-10-18(23)19(24-20(14)29-17)26-6-4-5-7-26/h9-10,15-16H,4-8,11-13H2,1-3H3,(H,27,28)/t15-,16-/m1/s1. The molecular formula is C22H30ClN3O3. The van der Waals surface area contributed by atoms with Crippen molar-refractivity contribution in [3.05, 3.63) is 22.9 Å². The smallest absolute Gasteiger partial charge is 0.307 e. The van der Waals surface area contributed by atoms with E-state index in [2.05, 4.69) is 35.6 Å². The van der Waals surface area contributed by atoms with Crippen LogP contribution in [-0.4, -0.2) is 47.1 Å². The number of pyridine rings is 1. The molecule has 6 nitrogen and oxygen atoms in total. The number of hydrogen-bond acceptors (Lipinski definition) is 5. The number of likely N-dealkylation sites (tertiary alicyclic amines) is 1. The van der Waals surface area contributed by atoms with E-state index < -0.39 is 5.97 Å². The zero-order valence-electron chi connectivity index (χ0n) is 17.4. The van der Waals surface area contributed by atoms with E-state index in [0.717, 1.165) is 55.9 Å². The molecule has 0 spiro atoms. The van der Waals surface area contributed by atoms with Crippen LogP contribution in [0.4, 0.5) is 5.82 Å². The van der Waals surface area contributed by atoms with E-state index in [1.165, 1.54) is 0 Å². The summed E-state index contributed by atoms with van der Waals surface area (Å²) in [4.78, 5) is 20.8. The summed E-state index contributed by atoms with van der Waals surface area (Å²) in [6.07, 6.45) is 3.05. The van der Waals surface area contributed by atoms with Crippen LogP contribution in [0.2, 0.25) is 5.02 Å². The molecule has 4 heterocycles. The number of aliphatic carboxylic acids is 1. The Morgan fingerprint density at radius 2 is 2.00 bits per heavy atom. The molecule has 0 radical (unpaired) electrons. The lowest BCUT2D eigenvalue weighted by atomic mass is 9.73. The molecule has 0 unspecified atom stereocenters. The topological polar surface area (TPSA) is 69.8 Å². The molecule has 1 N–H and O–H groups in total. The van der Waals surface area contributed by atoms with E-state index in [9.17, 15) is 9.90 Å². The van der Waals surface area contributed by atoms with Crippen LogP contribution in [0.5, 0.6) is 0 Å². The summed E-state index contributed by atoms with van der Waals surface area (Å²) in [5.74, 6) is 0.884. The van der Waals surface area contributed by atoms with Gasteiger partial charge in [0, 0.05) is 31.6 Å². The lowest BCUT2D eigenvalue weighted by Crippen LogP contribution is -2.46. The molecule has 2 aliphatic heterocycles. The lowest BCUT2D eigenvalue weighted by molar-refractivity contribution is -0.145. The monoisotopic (exact) mass is 419 g/mol. The molecule has 0 aliphatic carbocycles. The molecule has 2 fully saturated rings. The highest BCUT2D eigenvalue weighted by Gasteiger charge is 2.37. The van der Waals surface area contributed by atoms with Crippen LogP contribution in [0, 0.1) is 17.3 Å². The zero-order chi connectivity index (χ0) is 20.8. The first-order chi connectivity index (χ1) is 13.7. The number of piperidine rings is 1. The van der Waals surface area contributed by atoms with Crippen molar-refractivity contribution in [1.29, 1.82) is 0 Å². The molecule has 2 atom stereocenters. The van der Waals surface area contributed by atoms with E-state index in [-0.39, 0.29) is 11.3 Å². The van der Waals surface area contributed by atoms with E-state index in [0.29, 0.717) is 29.7 Å². The number of nitrogens with zero attached hydrogens (tertiary/aromatic N) is 3. The quantitative estimate of drug-likeness (QED) is 0.777. The molecule has 2 aromatic heterocycles. The minimum absolute atomic E-state index is 0.0694. The van der Waals surface area contributed by atoms with E-state index in [4.69, 9.17) is 16.0 Å². The second-order valence-corrected chi connectivity index (χ2v) is 10.0. The number of fused-ring (bicyclic) bond motifs is 1. The average molecular weight is 420 g/mol. The zero-order valence-corrected chi connectivity index (χ0v) is 18.2. The van der Waals surface area contributed by atoms with Crippen molar-refractivity contribution >= 4 is 34.5 Å². The van der Waals surface area contributed by atoms with E-state index in [1.54, 1.807) is 0 Å². The van der Waals surface area contributed by atoms with Gasteiger partial charge in [0.25, 0.3) is 0 Å². The number of halogens is 1. The molecule has 2 aliphatic rings. The highest BCUT2D eigenvalue weighted by atomic mass is 35.5. The Morgan fingerprint density at radius 3 is 2.66 bits per heavy atom. The summed E-state index contributed by atoms with van der Waals surface area (Å²) in [7, 11) is 0. The fourth-order valence-corrected chi connectivity index (χ4v) is 4.84. The van der Waals surface area contributed by atoms with Crippen molar-refractivity contribution in [2.45, 2.75) is 46.6 Å². The lowest BCUT2D eigenvalue weighted by Gasteiger charge is -2.41. The third-order valence-electron chi connectivity index (χ3n) is 6.38. The van der Waals surface area contributed by atoms with Crippen molar-refractivity contribution in [1.82, 2.24) is 9.88 Å². The van der Waals surface area contributed by atoms with Crippen molar-refractivity contribution in [3.63, 3.8) is 0 Å². The number of rotatable bonds is 4. The first-order valence-corrected chi connectivity index (χ1v) is 10.9. The van der Waals surface area contributed by atoms with Crippen LogP contribution >= 0.6 is 11.6 Å². The number of carbonyl (C=O) groups is 1. The third-order valence-corrected chi connectivity index (χ3v) is 6.66. The Labute approximate surface area is 176 Å². The maximum Gasteiger partial charge on any atom is 0.307 e. The average Bonchev–Trinajstić information content (AvgIpc) is 3.29. The second-order valence-electron chi connectivity index (χ2n) is 9.62. The molecule has 0 amide bonds. The van der Waals surface area contributed by atoms with Gasteiger partial charge < -0.3 is 14.4 Å². The summed E-state index contributed by atoms with van der Waals surface area (Å²) >= 11 is 6.49. The molecule has 0 aromatic carbocycles.